The lowest BCUT2D eigenvalue weighted by atomic mass is 9.85. The van der Waals surface area contributed by atoms with E-state index in [1.165, 1.54) is 12.8 Å². The van der Waals surface area contributed by atoms with E-state index in [-0.39, 0.29) is 18.4 Å². The van der Waals surface area contributed by atoms with Crippen molar-refractivity contribution in [1.82, 2.24) is 10.2 Å². The molecule has 1 amide bonds. The number of hydrogen-bond donors (Lipinski definition) is 1. The molecule has 0 bridgehead atoms. The highest BCUT2D eigenvalue weighted by molar-refractivity contribution is 6.31. The first-order valence-electron chi connectivity index (χ1n) is 9.34. The van der Waals surface area contributed by atoms with E-state index in [2.05, 4.69) is 24.1 Å². The van der Waals surface area contributed by atoms with Crippen molar-refractivity contribution < 1.29 is 4.79 Å². The second-order valence-electron chi connectivity index (χ2n) is 7.52. The van der Waals surface area contributed by atoms with E-state index in [1.54, 1.807) is 0 Å². The molecule has 3 atom stereocenters. The van der Waals surface area contributed by atoms with E-state index in [0.717, 1.165) is 36.5 Å². The fourth-order valence-electron chi connectivity index (χ4n) is 3.96. The van der Waals surface area contributed by atoms with Crippen LogP contribution in [0.25, 0.3) is 0 Å². The van der Waals surface area contributed by atoms with Crippen molar-refractivity contribution in [2.45, 2.75) is 58.0 Å². The molecule has 1 saturated heterocycles. The van der Waals surface area contributed by atoms with E-state index >= 15 is 0 Å². The molecule has 1 aromatic rings. The van der Waals surface area contributed by atoms with Crippen LogP contribution in [0.15, 0.2) is 24.3 Å². The van der Waals surface area contributed by atoms with Crippen molar-refractivity contribution in [2.75, 3.05) is 13.1 Å². The fraction of sp³-hybridized carbons (Fsp3) is 0.650. The third-order valence-corrected chi connectivity index (χ3v) is 5.98. The van der Waals surface area contributed by atoms with Gasteiger partial charge in [-0.3, -0.25) is 4.79 Å². The quantitative estimate of drug-likeness (QED) is 0.760. The molecule has 2 aliphatic rings. The van der Waals surface area contributed by atoms with Crippen molar-refractivity contribution in [2.24, 2.45) is 11.8 Å². The molecule has 1 aliphatic heterocycles. The number of amides is 1. The second-order valence-corrected chi connectivity index (χ2v) is 7.92. The third-order valence-electron chi connectivity index (χ3n) is 5.64. The van der Waals surface area contributed by atoms with Gasteiger partial charge in [-0.05, 0) is 69.2 Å². The van der Waals surface area contributed by atoms with Gasteiger partial charge >= 0.3 is 0 Å². The number of piperidine rings is 1. The smallest absolute Gasteiger partial charge is 0.223 e. The van der Waals surface area contributed by atoms with Crippen molar-refractivity contribution in [3.8, 4) is 0 Å². The Labute approximate surface area is 162 Å². The number of halogens is 2. The summed E-state index contributed by atoms with van der Waals surface area (Å²) >= 11 is 6.37. The van der Waals surface area contributed by atoms with E-state index in [4.69, 9.17) is 11.6 Å². The SMILES string of the molecule is CC(CC(=O)N(C1CC1)C(C)c1ccccc1Cl)C1CCCNC1.Cl. The molecule has 3 unspecified atom stereocenters. The lowest BCUT2D eigenvalue weighted by Crippen LogP contribution is -2.39. The molecule has 25 heavy (non-hydrogen) atoms. The zero-order chi connectivity index (χ0) is 17.1. The standard InChI is InChI=1S/C20H29ClN2O.ClH/c1-14(16-6-5-11-22-13-16)12-20(24)23(17-9-10-17)15(2)18-7-3-4-8-19(18)21;/h3-4,7-8,14-17,22H,5-6,9-13H2,1-2H3;1H. The van der Waals surface area contributed by atoms with Crippen LogP contribution in [0, 0.1) is 11.8 Å². The summed E-state index contributed by atoms with van der Waals surface area (Å²) in [6, 6.07) is 8.36. The van der Waals surface area contributed by atoms with Crippen molar-refractivity contribution in [3.63, 3.8) is 0 Å². The summed E-state index contributed by atoms with van der Waals surface area (Å²) < 4.78 is 0. The molecule has 0 spiro atoms. The highest BCUT2D eigenvalue weighted by Crippen LogP contribution is 2.38. The Balaban J connectivity index is 0.00000225. The number of nitrogens with one attached hydrogen (secondary N) is 1. The van der Waals surface area contributed by atoms with Crippen LogP contribution in [0.4, 0.5) is 0 Å². The lowest BCUT2D eigenvalue weighted by molar-refractivity contribution is -0.135. The van der Waals surface area contributed by atoms with Crippen molar-refractivity contribution >= 4 is 29.9 Å². The maximum Gasteiger partial charge on any atom is 0.223 e. The van der Waals surface area contributed by atoms with Crippen LogP contribution in [0.5, 0.6) is 0 Å². The molecule has 140 valence electrons. The Morgan fingerprint density at radius 1 is 1.28 bits per heavy atom. The van der Waals surface area contributed by atoms with E-state index < -0.39 is 0 Å². The highest BCUT2D eigenvalue weighted by Gasteiger charge is 2.37. The van der Waals surface area contributed by atoms with Gasteiger partial charge in [0.25, 0.3) is 0 Å². The number of carbonyl (C=O) groups is 1. The van der Waals surface area contributed by atoms with Crippen LogP contribution in [-0.4, -0.2) is 29.9 Å². The van der Waals surface area contributed by atoms with Gasteiger partial charge in [-0.1, -0.05) is 36.7 Å². The summed E-state index contributed by atoms with van der Waals surface area (Å²) in [5.74, 6) is 1.35. The number of rotatable bonds is 6. The summed E-state index contributed by atoms with van der Waals surface area (Å²) in [5, 5.41) is 4.22. The van der Waals surface area contributed by atoms with Gasteiger partial charge in [0, 0.05) is 17.5 Å². The molecular formula is C20H30Cl2N2O. The summed E-state index contributed by atoms with van der Waals surface area (Å²) in [7, 11) is 0. The van der Waals surface area contributed by atoms with Gasteiger partial charge in [-0.2, -0.15) is 0 Å². The summed E-state index contributed by atoms with van der Waals surface area (Å²) in [6.07, 6.45) is 5.37. The maximum atomic E-state index is 13.1. The fourth-order valence-corrected chi connectivity index (χ4v) is 4.26. The molecule has 5 heteroatoms. The van der Waals surface area contributed by atoms with Crippen LogP contribution in [0.2, 0.25) is 5.02 Å². The maximum absolute atomic E-state index is 13.1. The van der Waals surface area contributed by atoms with Gasteiger partial charge in [0.2, 0.25) is 5.91 Å². The molecule has 0 aromatic heterocycles. The normalized spacial score (nSPS) is 22.6. The summed E-state index contributed by atoms with van der Waals surface area (Å²) in [6.45, 7) is 6.53. The predicted octanol–water partition coefficient (Wildman–Crippen LogP) is 4.84. The molecule has 2 fully saturated rings. The van der Waals surface area contributed by atoms with Crippen LogP contribution < -0.4 is 5.32 Å². The second kappa shape index (κ2) is 9.25. The number of hydrogen-bond acceptors (Lipinski definition) is 2. The monoisotopic (exact) mass is 384 g/mol. The molecule has 1 aliphatic carbocycles. The molecule has 1 heterocycles. The topological polar surface area (TPSA) is 32.3 Å². The molecule has 3 nitrogen and oxygen atoms in total. The van der Waals surface area contributed by atoms with Gasteiger partial charge in [-0.15, -0.1) is 12.4 Å². The zero-order valence-electron chi connectivity index (χ0n) is 15.2. The Bertz CT molecular complexity index is 571. The van der Waals surface area contributed by atoms with Gasteiger partial charge in [0.1, 0.15) is 0 Å². The van der Waals surface area contributed by atoms with Crippen LogP contribution in [0.1, 0.15) is 57.6 Å². The minimum absolute atomic E-state index is 0. The summed E-state index contributed by atoms with van der Waals surface area (Å²) in [4.78, 5) is 15.2. The van der Waals surface area contributed by atoms with Crippen LogP contribution >= 0.6 is 24.0 Å². The molecule has 1 aromatic carbocycles. The minimum Gasteiger partial charge on any atom is -0.333 e. The zero-order valence-corrected chi connectivity index (χ0v) is 16.8. The average molecular weight is 385 g/mol. The Morgan fingerprint density at radius 2 is 2.00 bits per heavy atom. The predicted molar refractivity (Wildman–Crippen MR) is 106 cm³/mol. The number of benzene rings is 1. The molecule has 0 radical (unpaired) electrons. The van der Waals surface area contributed by atoms with Crippen molar-refractivity contribution in [1.29, 1.82) is 0 Å². The van der Waals surface area contributed by atoms with Gasteiger partial charge < -0.3 is 10.2 Å². The summed E-state index contributed by atoms with van der Waals surface area (Å²) in [5.41, 5.74) is 1.06. The van der Waals surface area contributed by atoms with Crippen LogP contribution in [0.3, 0.4) is 0 Å². The Hall–Kier alpha value is -0.770. The third kappa shape index (κ3) is 5.12. The first kappa shape index (κ1) is 20.5. The van der Waals surface area contributed by atoms with Gasteiger partial charge in [0.05, 0.1) is 6.04 Å². The Morgan fingerprint density at radius 3 is 2.60 bits per heavy atom. The number of carbonyl (C=O) groups excluding carboxylic acids is 1. The lowest BCUT2D eigenvalue weighted by Gasteiger charge is -2.33. The van der Waals surface area contributed by atoms with E-state index in [0.29, 0.717) is 30.2 Å². The molecule has 1 N–H and O–H groups in total. The Kier molecular flexibility index (Phi) is 7.60. The van der Waals surface area contributed by atoms with Gasteiger partial charge in [-0.25, -0.2) is 0 Å². The highest BCUT2D eigenvalue weighted by atomic mass is 35.5. The molecule has 3 rings (SSSR count). The molecular weight excluding hydrogens is 355 g/mol. The minimum atomic E-state index is 0. The van der Waals surface area contributed by atoms with E-state index in [9.17, 15) is 4.79 Å². The van der Waals surface area contributed by atoms with Crippen LogP contribution in [-0.2, 0) is 4.79 Å². The number of nitrogens with zero attached hydrogens (tertiary/aromatic N) is 1. The van der Waals surface area contributed by atoms with Gasteiger partial charge in [0.15, 0.2) is 0 Å². The first-order chi connectivity index (χ1) is 11.6. The van der Waals surface area contributed by atoms with E-state index in [1.807, 2.05) is 24.3 Å². The first-order valence-corrected chi connectivity index (χ1v) is 9.72. The van der Waals surface area contributed by atoms with Crippen molar-refractivity contribution in [3.05, 3.63) is 34.9 Å². The largest absolute Gasteiger partial charge is 0.333 e. The molecule has 1 saturated carbocycles. The average Bonchev–Trinajstić information content (AvgIpc) is 3.41.